The van der Waals surface area contributed by atoms with E-state index in [0.717, 1.165) is 12.8 Å². The number of ether oxygens (including phenoxy) is 1. The van der Waals surface area contributed by atoms with Crippen LogP contribution in [-0.4, -0.2) is 42.8 Å². The third-order valence-electron chi connectivity index (χ3n) is 3.42. The molecule has 0 spiro atoms. The maximum atomic E-state index is 12.9. The molecule has 118 valence electrons. The van der Waals surface area contributed by atoms with Gasteiger partial charge in [0, 0.05) is 38.9 Å². The van der Waals surface area contributed by atoms with Crippen LogP contribution in [-0.2, 0) is 10.9 Å². The van der Waals surface area contributed by atoms with Gasteiger partial charge in [-0.2, -0.15) is 13.2 Å². The van der Waals surface area contributed by atoms with Crippen molar-refractivity contribution in [2.75, 3.05) is 37.0 Å². The molecule has 2 rings (SSSR count). The van der Waals surface area contributed by atoms with Gasteiger partial charge in [-0.1, -0.05) is 0 Å². The van der Waals surface area contributed by atoms with E-state index in [0.29, 0.717) is 19.8 Å². The Kier molecular flexibility index (Phi) is 4.87. The van der Waals surface area contributed by atoms with E-state index >= 15 is 0 Å². The highest BCUT2D eigenvalue weighted by molar-refractivity contribution is 5.50. The Labute approximate surface area is 121 Å². The largest absolute Gasteiger partial charge is 0.451 e. The fourth-order valence-corrected chi connectivity index (χ4v) is 2.27. The zero-order chi connectivity index (χ0) is 15.5. The summed E-state index contributed by atoms with van der Waals surface area (Å²) in [5, 5.41) is 2.82. The summed E-state index contributed by atoms with van der Waals surface area (Å²) in [5.74, 6) is -0.649. The predicted molar refractivity (Wildman–Crippen MR) is 73.4 cm³/mol. The number of hydrogen-bond donors (Lipinski definition) is 1. The summed E-state index contributed by atoms with van der Waals surface area (Å²) < 4.78 is 44.0. The highest BCUT2D eigenvalue weighted by atomic mass is 19.4. The Hall–Kier alpha value is -1.57. The minimum Gasteiger partial charge on any atom is -0.381 e. The normalized spacial score (nSPS) is 16.8. The van der Waals surface area contributed by atoms with E-state index in [9.17, 15) is 13.2 Å². The summed E-state index contributed by atoms with van der Waals surface area (Å²) >= 11 is 0. The van der Waals surface area contributed by atoms with Crippen molar-refractivity contribution in [1.29, 1.82) is 0 Å². The van der Waals surface area contributed by atoms with Crippen molar-refractivity contribution in [2.45, 2.75) is 32.0 Å². The lowest BCUT2D eigenvalue weighted by atomic mass is 10.1. The van der Waals surface area contributed by atoms with Crippen molar-refractivity contribution >= 4 is 11.6 Å². The van der Waals surface area contributed by atoms with Crippen molar-refractivity contribution in [1.82, 2.24) is 9.97 Å². The number of halogens is 3. The van der Waals surface area contributed by atoms with Crippen LogP contribution in [0.15, 0.2) is 6.07 Å². The molecular formula is C13H19F3N4O. The summed E-state index contributed by atoms with van der Waals surface area (Å²) in [7, 11) is 1.76. The molecule has 0 aromatic carbocycles. The van der Waals surface area contributed by atoms with E-state index in [2.05, 4.69) is 15.3 Å². The highest BCUT2D eigenvalue weighted by Gasteiger charge is 2.36. The molecule has 0 aliphatic carbocycles. The first-order chi connectivity index (χ1) is 9.91. The van der Waals surface area contributed by atoms with E-state index in [-0.39, 0.29) is 17.7 Å². The summed E-state index contributed by atoms with van der Waals surface area (Å²) in [6.45, 7) is 3.53. The van der Waals surface area contributed by atoms with Gasteiger partial charge in [0.05, 0.1) is 0 Å². The molecular weight excluding hydrogens is 285 g/mol. The molecule has 0 amide bonds. The van der Waals surface area contributed by atoms with Crippen LogP contribution in [0.4, 0.5) is 24.8 Å². The Bertz CT molecular complexity index is 475. The Morgan fingerprint density at radius 1 is 1.33 bits per heavy atom. The first kappa shape index (κ1) is 15.8. The molecule has 0 atom stereocenters. The lowest BCUT2D eigenvalue weighted by Crippen LogP contribution is -2.37. The van der Waals surface area contributed by atoms with Crippen molar-refractivity contribution in [3.05, 3.63) is 11.9 Å². The number of rotatable bonds is 4. The standard InChI is InChI=1S/C13H19F3N4O/c1-3-17-10-8-11(19-12(18-10)13(14,15)16)20(2)9-4-6-21-7-5-9/h8-9H,3-7H2,1-2H3,(H,17,18,19). The van der Waals surface area contributed by atoms with Crippen LogP contribution in [0.25, 0.3) is 0 Å². The highest BCUT2D eigenvalue weighted by Crippen LogP contribution is 2.30. The molecule has 0 saturated carbocycles. The lowest BCUT2D eigenvalue weighted by molar-refractivity contribution is -0.144. The topological polar surface area (TPSA) is 50.3 Å². The smallest absolute Gasteiger partial charge is 0.381 e. The lowest BCUT2D eigenvalue weighted by Gasteiger charge is -2.32. The van der Waals surface area contributed by atoms with Gasteiger partial charge in [-0.25, -0.2) is 9.97 Å². The van der Waals surface area contributed by atoms with Crippen molar-refractivity contribution < 1.29 is 17.9 Å². The monoisotopic (exact) mass is 304 g/mol. The van der Waals surface area contributed by atoms with Crippen LogP contribution in [0.2, 0.25) is 0 Å². The van der Waals surface area contributed by atoms with Gasteiger partial charge in [0.2, 0.25) is 5.82 Å². The van der Waals surface area contributed by atoms with Crippen LogP contribution in [0, 0.1) is 0 Å². The number of alkyl halides is 3. The van der Waals surface area contributed by atoms with Gasteiger partial charge in [-0.15, -0.1) is 0 Å². The summed E-state index contributed by atoms with van der Waals surface area (Å²) in [4.78, 5) is 8.97. The molecule has 21 heavy (non-hydrogen) atoms. The molecule has 1 saturated heterocycles. The van der Waals surface area contributed by atoms with Gasteiger partial charge in [-0.3, -0.25) is 0 Å². The average molecular weight is 304 g/mol. The van der Waals surface area contributed by atoms with E-state index in [1.54, 1.807) is 24.9 Å². The SMILES string of the molecule is CCNc1cc(N(C)C2CCOCC2)nc(C(F)(F)F)n1. The van der Waals surface area contributed by atoms with Gasteiger partial charge in [0.15, 0.2) is 0 Å². The van der Waals surface area contributed by atoms with Crippen molar-refractivity contribution in [2.24, 2.45) is 0 Å². The van der Waals surface area contributed by atoms with Gasteiger partial charge in [0.25, 0.3) is 0 Å². The quantitative estimate of drug-likeness (QED) is 0.926. The molecule has 0 radical (unpaired) electrons. The van der Waals surface area contributed by atoms with Gasteiger partial charge in [0.1, 0.15) is 11.6 Å². The van der Waals surface area contributed by atoms with Gasteiger partial charge >= 0.3 is 6.18 Å². The molecule has 0 bridgehead atoms. The summed E-state index contributed by atoms with van der Waals surface area (Å²) in [6, 6.07) is 1.68. The molecule has 2 heterocycles. The van der Waals surface area contributed by atoms with E-state index in [1.807, 2.05) is 0 Å². The third-order valence-corrected chi connectivity index (χ3v) is 3.42. The second-order valence-electron chi connectivity index (χ2n) is 4.92. The second-order valence-corrected chi connectivity index (χ2v) is 4.92. The average Bonchev–Trinajstić information content (AvgIpc) is 2.46. The fraction of sp³-hybridized carbons (Fsp3) is 0.692. The summed E-state index contributed by atoms with van der Waals surface area (Å²) in [5.41, 5.74) is 0. The zero-order valence-corrected chi connectivity index (χ0v) is 12.1. The van der Waals surface area contributed by atoms with Gasteiger partial charge in [-0.05, 0) is 19.8 Å². The van der Waals surface area contributed by atoms with Crippen molar-refractivity contribution in [3.63, 3.8) is 0 Å². The molecule has 0 unspecified atom stereocenters. The maximum Gasteiger partial charge on any atom is 0.451 e. The number of aromatic nitrogens is 2. The number of anilines is 2. The van der Waals surface area contributed by atoms with Crippen LogP contribution >= 0.6 is 0 Å². The van der Waals surface area contributed by atoms with Gasteiger partial charge < -0.3 is 15.0 Å². The Morgan fingerprint density at radius 2 is 2.00 bits per heavy atom. The van der Waals surface area contributed by atoms with Crippen LogP contribution in [0.3, 0.4) is 0 Å². The molecule has 1 N–H and O–H groups in total. The predicted octanol–water partition coefficient (Wildman–Crippen LogP) is 2.54. The van der Waals surface area contributed by atoms with Crippen LogP contribution in [0.1, 0.15) is 25.6 Å². The van der Waals surface area contributed by atoms with Crippen LogP contribution < -0.4 is 10.2 Å². The molecule has 5 nitrogen and oxygen atoms in total. The molecule has 1 aliphatic heterocycles. The third kappa shape index (κ3) is 3.96. The number of nitrogens with zero attached hydrogens (tertiary/aromatic N) is 3. The van der Waals surface area contributed by atoms with E-state index in [4.69, 9.17) is 4.74 Å². The molecule has 8 heteroatoms. The second kappa shape index (κ2) is 6.46. The zero-order valence-electron chi connectivity index (χ0n) is 12.1. The first-order valence-corrected chi connectivity index (χ1v) is 6.92. The Morgan fingerprint density at radius 3 is 2.57 bits per heavy atom. The number of hydrogen-bond acceptors (Lipinski definition) is 5. The minimum atomic E-state index is -4.56. The summed E-state index contributed by atoms with van der Waals surface area (Å²) in [6.07, 6.45) is -3.01. The van der Waals surface area contributed by atoms with Crippen LogP contribution in [0.5, 0.6) is 0 Å². The molecule has 1 aromatic heterocycles. The first-order valence-electron chi connectivity index (χ1n) is 6.92. The molecule has 1 aliphatic rings. The van der Waals surface area contributed by atoms with Crippen molar-refractivity contribution in [3.8, 4) is 0 Å². The minimum absolute atomic E-state index is 0.129. The fourth-order valence-electron chi connectivity index (χ4n) is 2.27. The van der Waals surface area contributed by atoms with E-state index in [1.165, 1.54) is 0 Å². The number of nitrogens with one attached hydrogen (secondary N) is 1. The van der Waals surface area contributed by atoms with E-state index < -0.39 is 12.0 Å². The maximum absolute atomic E-state index is 12.9. The molecule has 1 aromatic rings. The Balaban J connectivity index is 2.30. The molecule has 1 fully saturated rings.